The number of hydrogen-bond donors (Lipinski definition) is 5. The maximum Gasteiger partial charge on any atom is 0.221 e. The molecule has 0 radical (unpaired) electrons. The van der Waals surface area contributed by atoms with E-state index >= 15 is 0 Å². The molecule has 1 aliphatic heterocycles. The first kappa shape index (κ1) is 19.8. The van der Waals surface area contributed by atoms with Crippen LogP contribution in [0.5, 0.6) is 0 Å². The summed E-state index contributed by atoms with van der Waals surface area (Å²) in [6.07, 6.45) is -0.536. The summed E-state index contributed by atoms with van der Waals surface area (Å²) in [6.45, 7) is 0.286. The molecule has 1 saturated heterocycles. The van der Waals surface area contributed by atoms with E-state index in [9.17, 15) is 20.1 Å². The number of carbonyl (C=O) groups is 1. The van der Waals surface area contributed by atoms with Crippen molar-refractivity contribution in [3.63, 3.8) is 0 Å². The molecule has 0 aliphatic carbocycles. The van der Waals surface area contributed by atoms with Gasteiger partial charge in [-0.1, -0.05) is 30.3 Å². The van der Waals surface area contributed by atoms with Crippen molar-refractivity contribution in [1.29, 1.82) is 0 Å². The maximum atomic E-state index is 11.9. The van der Waals surface area contributed by atoms with Crippen molar-refractivity contribution in [2.45, 2.75) is 43.6 Å². The normalized spacial score (nSPS) is 26.7. The Morgan fingerprint density at radius 2 is 1.76 bits per heavy atom. The van der Waals surface area contributed by atoms with Crippen LogP contribution >= 0.6 is 0 Å². The Bertz CT molecular complexity index is 527. The van der Waals surface area contributed by atoms with E-state index in [0.717, 1.165) is 12.8 Å². The second-order valence-electron chi connectivity index (χ2n) is 6.40. The lowest BCUT2D eigenvalue weighted by atomic mass is 10.1. The number of likely N-dealkylation sites (tertiary alicyclic amines) is 1. The fraction of sp³-hybridized carbons (Fsp3) is 0.611. The van der Waals surface area contributed by atoms with E-state index in [0.29, 0.717) is 6.54 Å². The summed E-state index contributed by atoms with van der Waals surface area (Å²) < 4.78 is 0. The monoisotopic (exact) mass is 352 g/mol. The first-order valence-electron chi connectivity index (χ1n) is 8.72. The van der Waals surface area contributed by atoms with E-state index in [-0.39, 0.29) is 32.1 Å². The summed E-state index contributed by atoms with van der Waals surface area (Å²) in [7, 11) is 0. The zero-order valence-electron chi connectivity index (χ0n) is 14.3. The molecule has 1 fully saturated rings. The smallest absolute Gasteiger partial charge is 0.221 e. The van der Waals surface area contributed by atoms with Crippen LogP contribution in [0.25, 0.3) is 0 Å². The van der Waals surface area contributed by atoms with Gasteiger partial charge in [0.25, 0.3) is 0 Å². The zero-order chi connectivity index (χ0) is 18.2. The van der Waals surface area contributed by atoms with Crippen LogP contribution in [0.15, 0.2) is 30.3 Å². The third-order valence-electron chi connectivity index (χ3n) is 4.73. The molecule has 4 atom stereocenters. The van der Waals surface area contributed by atoms with Crippen LogP contribution in [0, 0.1) is 0 Å². The van der Waals surface area contributed by atoms with Gasteiger partial charge in [0.15, 0.2) is 0 Å². The standard InChI is InChI=1S/C18H28N2O5/c21-10-8-19-16(23)11-14-17(24)18(25)15(12-22)20(14)9-4-7-13-5-2-1-3-6-13/h1-3,5-6,14-15,17-18,21-22,24-25H,4,7-12H2,(H,19,23)/t14-,15-,17+,18-/m1/s1. The molecule has 7 heteroatoms. The van der Waals surface area contributed by atoms with E-state index in [2.05, 4.69) is 5.32 Å². The number of aryl methyl sites for hydroxylation is 1. The van der Waals surface area contributed by atoms with Gasteiger partial charge < -0.3 is 25.7 Å². The molecule has 25 heavy (non-hydrogen) atoms. The summed E-state index contributed by atoms with van der Waals surface area (Å²) in [4.78, 5) is 13.8. The Morgan fingerprint density at radius 3 is 2.40 bits per heavy atom. The van der Waals surface area contributed by atoms with Crippen molar-refractivity contribution in [2.24, 2.45) is 0 Å². The van der Waals surface area contributed by atoms with Gasteiger partial charge in [-0.25, -0.2) is 0 Å². The van der Waals surface area contributed by atoms with Crippen molar-refractivity contribution >= 4 is 5.91 Å². The fourth-order valence-electron chi connectivity index (χ4n) is 3.44. The predicted molar refractivity (Wildman–Crippen MR) is 92.9 cm³/mol. The predicted octanol–water partition coefficient (Wildman–Crippen LogP) is -1.12. The van der Waals surface area contributed by atoms with Gasteiger partial charge in [0, 0.05) is 19.0 Å². The number of hydrogen-bond acceptors (Lipinski definition) is 6. The molecular weight excluding hydrogens is 324 g/mol. The van der Waals surface area contributed by atoms with Crippen LogP contribution in [0.2, 0.25) is 0 Å². The first-order chi connectivity index (χ1) is 12.1. The average Bonchev–Trinajstić information content (AvgIpc) is 2.85. The van der Waals surface area contributed by atoms with E-state index in [1.807, 2.05) is 35.2 Å². The van der Waals surface area contributed by atoms with Crippen molar-refractivity contribution in [2.75, 3.05) is 26.3 Å². The molecule has 1 aromatic carbocycles. The van der Waals surface area contributed by atoms with Gasteiger partial charge in [-0.3, -0.25) is 9.69 Å². The van der Waals surface area contributed by atoms with Gasteiger partial charge in [-0.05, 0) is 24.9 Å². The minimum atomic E-state index is -1.09. The summed E-state index contributed by atoms with van der Waals surface area (Å²) in [6, 6.07) is 8.85. The van der Waals surface area contributed by atoms with E-state index in [4.69, 9.17) is 5.11 Å². The van der Waals surface area contributed by atoms with Crippen LogP contribution in [-0.2, 0) is 11.2 Å². The Labute approximate surface area is 147 Å². The molecule has 2 rings (SSSR count). The lowest BCUT2D eigenvalue weighted by Gasteiger charge is -2.29. The van der Waals surface area contributed by atoms with Gasteiger partial charge in [0.05, 0.1) is 31.5 Å². The minimum absolute atomic E-state index is 0.0140. The summed E-state index contributed by atoms with van der Waals surface area (Å²) in [5.74, 6) is -0.294. The van der Waals surface area contributed by atoms with Crippen LogP contribution in [-0.4, -0.2) is 81.8 Å². The highest BCUT2D eigenvalue weighted by Gasteiger charge is 2.47. The van der Waals surface area contributed by atoms with Crippen LogP contribution < -0.4 is 5.32 Å². The third-order valence-corrected chi connectivity index (χ3v) is 4.73. The first-order valence-corrected chi connectivity index (χ1v) is 8.72. The fourth-order valence-corrected chi connectivity index (χ4v) is 3.44. The van der Waals surface area contributed by atoms with Gasteiger partial charge >= 0.3 is 0 Å². The topological polar surface area (TPSA) is 113 Å². The number of aliphatic hydroxyl groups excluding tert-OH is 4. The molecule has 0 spiro atoms. The largest absolute Gasteiger partial charge is 0.395 e. The highest BCUT2D eigenvalue weighted by Crippen LogP contribution is 2.28. The Hall–Kier alpha value is -1.51. The Morgan fingerprint density at radius 1 is 1.08 bits per heavy atom. The molecule has 0 unspecified atom stereocenters. The number of benzene rings is 1. The number of rotatable bonds is 9. The summed E-state index contributed by atoms with van der Waals surface area (Å²) >= 11 is 0. The van der Waals surface area contributed by atoms with Crippen LogP contribution in [0.3, 0.4) is 0 Å². The molecule has 7 nitrogen and oxygen atoms in total. The summed E-state index contributed by atoms with van der Waals surface area (Å²) in [5.41, 5.74) is 1.19. The lowest BCUT2D eigenvalue weighted by Crippen LogP contribution is -2.44. The molecule has 0 aromatic heterocycles. The minimum Gasteiger partial charge on any atom is -0.395 e. The van der Waals surface area contributed by atoms with E-state index in [1.54, 1.807) is 0 Å². The Balaban J connectivity index is 1.97. The van der Waals surface area contributed by atoms with Crippen molar-refractivity contribution < 1.29 is 25.2 Å². The molecule has 1 heterocycles. The number of carbonyl (C=O) groups excluding carboxylic acids is 1. The van der Waals surface area contributed by atoms with Gasteiger partial charge in [-0.15, -0.1) is 0 Å². The van der Waals surface area contributed by atoms with E-state index in [1.165, 1.54) is 5.56 Å². The second kappa shape index (κ2) is 9.84. The number of nitrogens with one attached hydrogen (secondary N) is 1. The Kier molecular flexibility index (Phi) is 7.80. The lowest BCUT2D eigenvalue weighted by molar-refractivity contribution is -0.123. The number of amides is 1. The molecule has 1 amide bonds. The highest BCUT2D eigenvalue weighted by atomic mass is 16.3. The molecular formula is C18H28N2O5. The third kappa shape index (κ3) is 5.23. The van der Waals surface area contributed by atoms with Crippen LogP contribution in [0.1, 0.15) is 18.4 Å². The highest BCUT2D eigenvalue weighted by molar-refractivity contribution is 5.76. The molecule has 5 N–H and O–H groups in total. The van der Waals surface area contributed by atoms with Gasteiger partial charge in [0.1, 0.15) is 0 Å². The summed E-state index contributed by atoms with van der Waals surface area (Å²) in [5, 5.41) is 41.4. The second-order valence-corrected chi connectivity index (χ2v) is 6.40. The quantitative estimate of drug-likeness (QED) is 0.385. The molecule has 0 bridgehead atoms. The molecule has 140 valence electrons. The van der Waals surface area contributed by atoms with Crippen molar-refractivity contribution in [3.8, 4) is 0 Å². The molecule has 0 saturated carbocycles. The van der Waals surface area contributed by atoms with Gasteiger partial charge in [0.2, 0.25) is 5.91 Å². The maximum absolute atomic E-state index is 11.9. The zero-order valence-corrected chi connectivity index (χ0v) is 14.3. The number of aliphatic hydroxyl groups is 4. The van der Waals surface area contributed by atoms with Gasteiger partial charge in [-0.2, -0.15) is 0 Å². The average molecular weight is 352 g/mol. The SMILES string of the molecule is O=C(C[C@@H]1[C@H](O)[C@H](O)[C@@H](CO)N1CCCc1ccccc1)NCCO. The van der Waals surface area contributed by atoms with E-state index < -0.39 is 24.3 Å². The molecule has 1 aliphatic rings. The van der Waals surface area contributed by atoms with Crippen molar-refractivity contribution in [1.82, 2.24) is 10.2 Å². The van der Waals surface area contributed by atoms with Crippen LogP contribution in [0.4, 0.5) is 0 Å². The molecule has 1 aromatic rings. The van der Waals surface area contributed by atoms with Crippen molar-refractivity contribution in [3.05, 3.63) is 35.9 Å². The number of nitrogens with zero attached hydrogens (tertiary/aromatic N) is 1.